The quantitative estimate of drug-likeness (QED) is 0.741. The molecule has 2 aromatic heterocycles. The lowest BCUT2D eigenvalue weighted by Gasteiger charge is -1.96. The summed E-state index contributed by atoms with van der Waals surface area (Å²) in [7, 11) is 0. The van der Waals surface area contributed by atoms with Crippen molar-refractivity contribution in [2.45, 2.75) is 0 Å². The molecule has 0 amide bonds. The molecular formula is C7H4BrN3O2. The number of H-pyrrole nitrogens is 1. The van der Waals surface area contributed by atoms with Gasteiger partial charge in [0.25, 0.3) is 0 Å². The van der Waals surface area contributed by atoms with Crippen LogP contribution in [0.4, 0.5) is 0 Å². The molecule has 0 aliphatic rings. The van der Waals surface area contributed by atoms with E-state index in [4.69, 9.17) is 5.11 Å². The number of aromatic amines is 1. The molecule has 0 saturated heterocycles. The summed E-state index contributed by atoms with van der Waals surface area (Å²) in [5.41, 5.74) is 0.700. The summed E-state index contributed by atoms with van der Waals surface area (Å²) in [6, 6.07) is 1.51. The lowest BCUT2D eigenvalue weighted by molar-refractivity contribution is 0.0695. The van der Waals surface area contributed by atoms with E-state index in [-0.39, 0.29) is 5.56 Å². The lowest BCUT2D eigenvalue weighted by Crippen LogP contribution is -1.99. The molecule has 0 aliphatic heterocycles. The van der Waals surface area contributed by atoms with E-state index in [1.54, 1.807) is 0 Å². The second kappa shape index (κ2) is 2.81. The molecule has 66 valence electrons. The van der Waals surface area contributed by atoms with Crippen LogP contribution in [0.3, 0.4) is 0 Å². The fraction of sp³-hybridized carbons (Fsp3) is 0. The number of fused-ring (bicyclic) bond motifs is 1. The number of hydrogen-bond donors (Lipinski definition) is 2. The van der Waals surface area contributed by atoms with Gasteiger partial charge < -0.3 is 5.11 Å². The number of aromatic carboxylic acids is 1. The van der Waals surface area contributed by atoms with E-state index in [1.165, 1.54) is 12.3 Å². The molecule has 0 unspecified atom stereocenters. The van der Waals surface area contributed by atoms with Crippen LogP contribution in [-0.4, -0.2) is 26.3 Å². The van der Waals surface area contributed by atoms with Crippen LogP contribution in [0.2, 0.25) is 0 Å². The van der Waals surface area contributed by atoms with Crippen LogP contribution in [0, 0.1) is 0 Å². The molecule has 0 spiro atoms. The second-order valence-corrected chi connectivity index (χ2v) is 3.19. The molecule has 0 radical (unpaired) electrons. The van der Waals surface area contributed by atoms with Crippen molar-refractivity contribution < 1.29 is 9.90 Å². The maximum atomic E-state index is 10.7. The molecule has 0 atom stereocenters. The molecular weight excluding hydrogens is 238 g/mol. The van der Waals surface area contributed by atoms with Crippen LogP contribution < -0.4 is 0 Å². The van der Waals surface area contributed by atoms with E-state index in [0.29, 0.717) is 15.6 Å². The number of halogens is 1. The van der Waals surface area contributed by atoms with Crippen molar-refractivity contribution in [3.8, 4) is 0 Å². The molecule has 6 heteroatoms. The van der Waals surface area contributed by atoms with Crippen LogP contribution in [0.1, 0.15) is 10.4 Å². The van der Waals surface area contributed by atoms with Gasteiger partial charge >= 0.3 is 5.97 Å². The fourth-order valence-electron chi connectivity index (χ4n) is 1.01. The first-order valence-electron chi connectivity index (χ1n) is 3.41. The zero-order chi connectivity index (χ0) is 9.42. The summed E-state index contributed by atoms with van der Waals surface area (Å²) in [5, 5.41) is 15.8. The number of carboxylic acid groups (broad SMARTS) is 1. The third-order valence-corrected chi connectivity index (χ3v) is 2.21. The summed E-state index contributed by atoms with van der Waals surface area (Å²) >= 11 is 3.06. The number of carboxylic acids is 1. The standard InChI is InChI=1S/C7H4BrN3O2/c8-5-4(7(12)13)1-3-2-9-11-6(3)10-5/h1-2H,(H,12,13)(H,9,10,11). The number of rotatable bonds is 1. The van der Waals surface area contributed by atoms with Gasteiger partial charge in [-0.05, 0) is 22.0 Å². The Morgan fingerprint density at radius 3 is 3.08 bits per heavy atom. The Kier molecular flexibility index (Phi) is 1.77. The number of nitrogens with one attached hydrogen (secondary N) is 1. The zero-order valence-electron chi connectivity index (χ0n) is 6.28. The fourth-order valence-corrected chi connectivity index (χ4v) is 1.47. The Hall–Kier alpha value is -1.43. The largest absolute Gasteiger partial charge is 0.478 e. The van der Waals surface area contributed by atoms with Gasteiger partial charge in [-0.3, -0.25) is 5.10 Å². The van der Waals surface area contributed by atoms with E-state index in [1.807, 2.05) is 0 Å². The van der Waals surface area contributed by atoms with Crippen molar-refractivity contribution in [2.24, 2.45) is 0 Å². The molecule has 5 nitrogen and oxygen atoms in total. The first kappa shape index (κ1) is 8.18. The van der Waals surface area contributed by atoms with E-state index in [0.717, 1.165) is 0 Å². The topological polar surface area (TPSA) is 78.9 Å². The lowest BCUT2D eigenvalue weighted by atomic mass is 10.2. The average molecular weight is 242 g/mol. The molecule has 0 aliphatic carbocycles. The minimum absolute atomic E-state index is 0.133. The van der Waals surface area contributed by atoms with Gasteiger partial charge in [-0.1, -0.05) is 0 Å². The number of aromatic nitrogens is 3. The maximum Gasteiger partial charge on any atom is 0.338 e. The van der Waals surface area contributed by atoms with Crippen molar-refractivity contribution in [1.29, 1.82) is 0 Å². The van der Waals surface area contributed by atoms with Crippen LogP contribution >= 0.6 is 15.9 Å². The first-order valence-corrected chi connectivity index (χ1v) is 4.20. The van der Waals surface area contributed by atoms with Gasteiger partial charge in [0.05, 0.1) is 11.8 Å². The van der Waals surface area contributed by atoms with Gasteiger partial charge in [-0.2, -0.15) is 5.10 Å². The van der Waals surface area contributed by atoms with Crippen LogP contribution in [-0.2, 0) is 0 Å². The monoisotopic (exact) mass is 241 g/mol. The highest BCUT2D eigenvalue weighted by Gasteiger charge is 2.11. The van der Waals surface area contributed by atoms with Gasteiger partial charge in [0.15, 0.2) is 5.65 Å². The number of hydrogen-bond acceptors (Lipinski definition) is 3. The molecule has 0 aromatic carbocycles. The summed E-state index contributed by atoms with van der Waals surface area (Å²) < 4.78 is 0.303. The highest BCUT2D eigenvalue weighted by molar-refractivity contribution is 9.10. The molecule has 0 bridgehead atoms. The van der Waals surface area contributed by atoms with E-state index in [9.17, 15) is 4.79 Å². The Balaban J connectivity index is 2.76. The number of carbonyl (C=O) groups is 1. The predicted octanol–water partition coefficient (Wildman–Crippen LogP) is 1.42. The first-order chi connectivity index (χ1) is 6.18. The third kappa shape index (κ3) is 1.29. The summed E-state index contributed by atoms with van der Waals surface area (Å²) in [5.74, 6) is -1.01. The smallest absolute Gasteiger partial charge is 0.338 e. The Morgan fingerprint density at radius 2 is 2.38 bits per heavy atom. The highest BCUT2D eigenvalue weighted by Crippen LogP contribution is 2.18. The van der Waals surface area contributed by atoms with Gasteiger partial charge in [0.2, 0.25) is 0 Å². The van der Waals surface area contributed by atoms with Crippen molar-refractivity contribution in [3.05, 3.63) is 22.4 Å². The maximum absolute atomic E-state index is 10.7. The molecule has 13 heavy (non-hydrogen) atoms. The molecule has 0 saturated carbocycles. The second-order valence-electron chi connectivity index (χ2n) is 2.44. The van der Waals surface area contributed by atoms with E-state index in [2.05, 4.69) is 31.1 Å². The van der Waals surface area contributed by atoms with Gasteiger partial charge in [-0.15, -0.1) is 0 Å². The minimum atomic E-state index is -1.01. The molecule has 2 N–H and O–H groups in total. The summed E-state index contributed by atoms with van der Waals surface area (Å²) in [6.07, 6.45) is 1.53. The van der Waals surface area contributed by atoms with Crippen LogP contribution in [0.5, 0.6) is 0 Å². The van der Waals surface area contributed by atoms with Gasteiger partial charge in [0, 0.05) is 5.39 Å². The number of nitrogens with zero attached hydrogens (tertiary/aromatic N) is 2. The van der Waals surface area contributed by atoms with E-state index >= 15 is 0 Å². The Bertz CT molecular complexity index is 480. The van der Waals surface area contributed by atoms with Crippen molar-refractivity contribution in [2.75, 3.05) is 0 Å². The minimum Gasteiger partial charge on any atom is -0.478 e. The van der Waals surface area contributed by atoms with Gasteiger partial charge in [-0.25, -0.2) is 9.78 Å². The van der Waals surface area contributed by atoms with Gasteiger partial charge in [0.1, 0.15) is 4.60 Å². The predicted molar refractivity (Wildman–Crippen MR) is 48.5 cm³/mol. The highest BCUT2D eigenvalue weighted by atomic mass is 79.9. The van der Waals surface area contributed by atoms with Crippen LogP contribution in [0.25, 0.3) is 11.0 Å². The molecule has 2 heterocycles. The molecule has 0 fully saturated rings. The van der Waals surface area contributed by atoms with Crippen molar-refractivity contribution in [1.82, 2.24) is 15.2 Å². The SMILES string of the molecule is O=C(O)c1cc2cn[nH]c2nc1Br. The normalized spacial score (nSPS) is 10.5. The Labute approximate surface area is 80.9 Å². The summed E-state index contributed by atoms with van der Waals surface area (Å²) in [4.78, 5) is 14.7. The molecule has 2 aromatic rings. The third-order valence-electron chi connectivity index (χ3n) is 1.61. The van der Waals surface area contributed by atoms with Crippen LogP contribution in [0.15, 0.2) is 16.9 Å². The Morgan fingerprint density at radius 1 is 1.62 bits per heavy atom. The van der Waals surface area contributed by atoms with Crippen molar-refractivity contribution in [3.63, 3.8) is 0 Å². The van der Waals surface area contributed by atoms with E-state index < -0.39 is 5.97 Å². The zero-order valence-corrected chi connectivity index (χ0v) is 7.87. The van der Waals surface area contributed by atoms with Crippen molar-refractivity contribution >= 4 is 32.9 Å². The summed E-state index contributed by atoms with van der Waals surface area (Å²) in [6.45, 7) is 0. The average Bonchev–Trinajstić information content (AvgIpc) is 2.48. The molecule has 2 rings (SSSR count). The number of pyridine rings is 1.